The van der Waals surface area contributed by atoms with E-state index >= 15 is 0 Å². The van der Waals surface area contributed by atoms with Crippen LogP contribution in [0, 0.1) is 39.9 Å². The zero-order chi connectivity index (χ0) is 11.8. The number of aliphatic imine (C=N–C) groups is 1. The molecule has 0 N–H and O–H groups in total. The summed E-state index contributed by atoms with van der Waals surface area (Å²) in [6.45, 7) is 4.41. The fourth-order valence-corrected chi connectivity index (χ4v) is 6.21. The molecule has 2 aliphatic heterocycles. The van der Waals surface area contributed by atoms with E-state index in [-0.39, 0.29) is 23.2 Å². The zero-order valence-electron chi connectivity index (χ0n) is 10.1. The lowest BCUT2D eigenvalue weighted by Gasteiger charge is -2.81. The highest BCUT2D eigenvalue weighted by atomic mass is 16.5. The Bertz CT molecular complexity index is 552. The largest absolute Gasteiger partial charge is 0.483 e. The second kappa shape index (κ2) is 1.91. The first kappa shape index (κ1) is 8.93. The Labute approximate surface area is 99.6 Å². The molecule has 3 saturated carbocycles. The predicted octanol–water partition coefficient (Wildman–Crippen LogP) is 0.977. The van der Waals surface area contributed by atoms with Crippen LogP contribution in [0.1, 0.15) is 13.8 Å². The van der Waals surface area contributed by atoms with E-state index in [4.69, 9.17) is 14.5 Å². The maximum atomic E-state index is 9.70. The Morgan fingerprint density at radius 1 is 1.41 bits per heavy atom. The van der Waals surface area contributed by atoms with Crippen LogP contribution in [0.2, 0.25) is 0 Å². The van der Waals surface area contributed by atoms with Gasteiger partial charge in [0.25, 0.3) is 0 Å². The monoisotopic (exact) mass is 230 g/mol. The smallest absolute Gasteiger partial charge is 0.208 e. The summed E-state index contributed by atoms with van der Waals surface area (Å²) in [7, 11) is 1.63. The van der Waals surface area contributed by atoms with E-state index in [2.05, 4.69) is 19.9 Å². The van der Waals surface area contributed by atoms with Crippen molar-refractivity contribution < 1.29 is 9.47 Å². The molecule has 1 saturated heterocycles. The fourth-order valence-electron chi connectivity index (χ4n) is 6.21. The number of nitrogens with zero attached hydrogens (tertiary/aromatic N) is 2. The summed E-state index contributed by atoms with van der Waals surface area (Å²) in [6, 6.07) is 2.50. The number of nitriles is 1. The molecule has 4 heteroatoms. The molecule has 5 rings (SSSR count). The second-order valence-electron chi connectivity index (χ2n) is 6.61. The van der Waals surface area contributed by atoms with Crippen LogP contribution in [0.4, 0.5) is 0 Å². The van der Waals surface area contributed by atoms with Crippen molar-refractivity contribution in [3.63, 3.8) is 0 Å². The van der Waals surface area contributed by atoms with Crippen molar-refractivity contribution in [2.75, 3.05) is 7.11 Å². The van der Waals surface area contributed by atoms with Gasteiger partial charge in [0.1, 0.15) is 0 Å². The first-order valence-electron chi connectivity index (χ1n) is 6.28. The van der Waals surface area contributed by atoms with Crippen molar-refractivity contribution in [3.8, 4) is 6.07 Å². The summed E-state index contributed by atoms with van der Waals surface area (Å²) in [5.41, 5.74) is -0.683. The molecular formula is C13H14N2O2. The fraction of sp³-hybridized carbons (Fsp3) is 0.846. The van der Waals surface area contributed by atoms with Crippen molar-refractivity contribution in [2.45, 2.75) is 31.6 Å². The standard InChI is InChI=1S/C13H14N2O2/c1-11-6-5-7(11)12(2)8(5)17-9(6)13(11,4-14)10(15-12)16-3/h5-9H,1-3H3/t5-,6-,7+,8-,9+,11+,12+,13-/m0/s1. The highest BCUT2D eigenvalue weighted by Crippen LogP contribution is 2.90. The summed E-state index contributed by atoms with van der Waals surface area (Å²) < 4.78 is 11.6. The van der Waals surface area contributed by atoms with Gasteiger partial charge in [0.05, 0.1) is 30.9 Å². The highest BCUT2D eigenvalue weighted by Gasteiger charge is 2.98. The van der Waals surface area contributed by atoms with Crippen molar-refractivity contribution in [1.29, 1.82) is 5.26 Å². The summed E-state index contributed by atoms with van der Waals surface area (Å²) in [5.74, 6) is 2.40. The minimum Gasteiger partial charge on any atom is -0.483 e. The Morgan fingerprint density at radius 2 is 2.18 bits per heavy atom. The third-order valence-corrected chi connectivity index (χ3v) is 6.64. The first-order valence-corrected chi connectivity index (χ1v) is 6.28. The van der Waals surface area contributed by atoms with E-state index in [1.54, 1.807) is 7.11 Å². The molecule has 0 aromatic rings. The molecule has 5 aliphatic rings. The van der Waals surface area contributed by atoms with E-state index < -0.39 is 5.41 Å². The van der Waals surface area contributed by atoms with Crippen LogP contribution in [0.15, 0.2) is 4.99 Å². The van der Waals surface area contributed by atoms with Crippen LogP contribution in [0.25, 0.3) is 0 Å². The first-order chi connectivity index (χ1) is 8.07. The summed E-state index contributed by atoms with van der Waals surface area (Å²) in [5, 5.41) is 9.70. The average molecular weight is 230 g/mol. The number of hydrogen-bond donors (Lipinski definition) is 0. The van der Waals surface area contributed by atoms with Crippen molar-refractivity contribution >= 4 is 5.90 Å². The normalized spacial score (nSPS) is 71.4. The molecule has 17 heavy (non-hydrogen) atoms. The molecule has 4 nitrogen and oxygen atoms in total. The van der Waals surface area contributed by atoms with Crippen LogP contribution in [0.3, 0.4) is 0 Å². The van der Waals surface area contributed by atoms with Crippen molar-refractivity contribution in [2.24, 2.45) is 33.6 Å². The maximum Gasteiger partial charge on any atom is 0.208 e. The molecule has 88 valence electrons. The molecule has 0 radical (unpaired) electrons. The number of methoxy groups -OCH3 is 1. The van der Waals surface area contributed by atoms with Gasteiger partial charge in [-0.05, 0) is 12.8 Å². The number of rotatable bonds is 0. The van der Waals surface area contributed by atoms with Gasteiger partial charge in [-0.25, -0.2) is 4.99 Å². The van der Waals surface area contributed by atoms with Crippen LogP contribution >= 0.6 is 0 Å². The molecule has 0 bridgehead atoms. The van der Waals surface area contributed by atoms with Crippen molar-refractivity contribution in [1.82, 2.24) is 0 Å². The minimum atomic E-state index is -0.599. The molecule has 0 aromatic carbocycles. The highest BCUT2D eigenvalue weighted by molar-refractivity contribution is 5.93. The molecule has 8 atom stereocenters. The quantitative estimate of drug-likeness (QED) is 0.623. The SMILES string of the molecule is COC1=N[C@@]2(C)[C@H]3O[C@@H]4[C@@H]5[C@H]3[C@@H]2[C@]5(C)[C@]14C#N. The third kappa shape index (κ3) is 0.456. The lowest BCUT2D eigenvalue weighted by molar-refractivity contribution is -0.306. The molecule has 0 unspecified atom stereocenters. The van der Waals surface area contributed by atoms with Crippen LogP contribution in [-0.4, -0.2) is 30.8 Å². The minimum absolute atomic E-state index is 0.0341. The van der Waals surface area contributed by atoms with Crippen molar-refractivity contribution in [3.05, 3.63) is 0 Å². The van der Waals surface area contributed by atoms with Gasteiger partial charge in [0, 0.05) is 17.3 Å². The van der Waals surface area contributed by atoms with Gasteiger partial charge in [-0.2, -0.15) is 5.26 Å². The number of hydrogen-bond acceptors (Lipinski definition) is 4. The van der Waals surface area contributed by atoms with Gasteiger partial charge >= 0.3 is 0 Å². The zero-order valence-corrected chi connectivity index (χ0v) is 10.1. The molecule has 0 aromatic heterocycles. The van der Waals surface area contributed by atoms with Gasteiger partial charge in [0.15, 0.2) is 5.41 Å². The Morgan fingerprint density at radius 3 is 2.82 bits per heavy atom. The molecular weight excluding hydrogens is 216 g/mol. The topological polar surface area (TPSA) is 54.6 Å². The Balaban J connectivity index is 1.86. The maximum absolute atomic E-state index is 9.70. The van der Waals surface area contributed by atoms with Gasteiger partial charge in [-0.3, -0.25) is 0 Å². The van der Waals surface area contributed by atoms with E-state index in [1.165, 1.54) is 0 Å². The van der Waals surface area contributed by atoms with Crippen LogP contribution in [-0.2, 0) is 9.47 Å². The van der Waals surface area contributed by atoms with Gasteiger partial charge in [0.2, 0.25) is 5.90 Å². The van der Waals surface area contributed by atoms with E-state index in [0.29, 0.717) is 23.7 Å². The summed E-state index contributed by atoms with van der Waals surface area (Å²) >= 11 is 0. The number of fused-ring (bicyclic) bond motifs is 2. The average Bonchev–Trinajstić information content (AvgIpc) is 2.36. The Kier molecular flexibility index (Phi) is 1.00. The molecule has 3 aliphatic carbocycles. The van der Waals surface area contributed by atoms with Gasteiger partial charge in [-0.15, -0.1) is 0 Å². The van der Waals surface area contributed by atoms with Crippen LogP contribution < -0.4 is 0 Å². The summed E-state index contributed by atoms with van der Waals surface area (Å²) in [4.78, 5) is 4.76. The van der Waals surface area contributed by atoms with Gasteiger partial charge < -0.3 is 9.47 Å². The lowest BCUT2D eigenvalue weighted by Crippen LogP contribution is -2.89. The van der Waals surface area contributed by atoms with Gasteiger partial charge in [-0.1, -0.05) is 6.92 Å². The van der Waals surface area contributed by atoms with Crippen LogP contribution in [0.5, 0.6) is 0 Å². The van der Waals surface area contributed by atoms with E-state index in [1.807, 2.05) is 0 Å². The Hall–Kier alpha value is -1.08. The van der Waals surface area contributed by atoms with E-state index in [9.17, 15) is 5.26 Å². The molecule has 4 fully saturated rings. The second-order valence-corrected chi connectivity index (χ2v) is 6.61. The third-order valence-electron chi connectivity index (χ3n) is 6.64. The van der Waals surface area contributed by atoms with E-state index in [0.717, 1.165) is 0 Å². The molecule has 2 heterocycles. The summed E-state index contributed by atoms with van der Waals surface area (Å²) in [6.07, 6.45) is 0.269. The molecule has 0 amide bonds. The predicted molar refractivity (Wildman–Crippen MR) is 58.1 cm³/mol. The lowest BCUT2D eigenvalue weighted by atomic mass is 9.20. The molecule has 0 spiro atoms. The number of ether oxygens (including phenoxy) is 2.